The molecule has 0 spiro atoms. The van der Waals surface area contributed by atoms with E-state index in [1.807, 2.05) is 0 Å². The molecule has 3 aromatic carbocycles. The number of fused-ring (bicyclic) bond motifs is 3. The van der Waals surface area contributed by atoms with Crippen LogP contribution in [0.15, 0.2) is 65.6 Å². The lowest BCUT2D eigenvalue weighted by molar-refractivity contribution is -0.348. The monoisotopic (exact) mass is 709 g/mol. The lowest BCUT2D eigenvalue weighted by Crippen LogP contribution is -2.53. The van der Waals surface area contributed by atoms with Gasteiger partial charge in [-0.2, -0.15) is 26.3 Å². The number of carbonyl (C=O) groups is 2. The summed E-state index contributed by atoms with van der Waals surface area (Å²) in [5.41, 5.74) is -7.87. The Morgan fingerprint density at radius 3 is 2.13 bits per heavy atom. The second kappa shape index (κ2) is 11.5. The van der Waals surface area contributed by atoms with Gasteiger partial charge < -0.3 is 10.0 Å². The van der Waals surface area contributed by atoms with Crippen molar-refractivity contribution < 1.29 is 58.2 Å². The number of hydrogen-bond acceptors (Lipinski definition) is 4. The minimum atomic E-state index is -6.40. The number of benzene rings is 3. The summed E-state index contributed by atoms with van der Waals surface area (Å²) in [7, 11) is -4.67. The summed E-state index contributed by atoms with van der Waals surface area (Å²) < 4.78 is 137. The Bertz CT molecular complexity index is 1850. The maximum absolute atomic E-state index is 15.0. The average molecular weight is 710 g/mol. The van der Waals surface area contributed by atoms with Crippen LogP contribution in [0.3, 0.4) is 0 Å². The number of carboxylic acid groups (broad SMARTS) is 1. The Morgan fingerprint density at radius 2 is 1.57 bits per heavy atom. The van der Waals surface area contributed by atoms with Gasteiger partial charge in [0.05, 0.1) is 16.9 Å². The molecule has 3 atom stereocenters. The van der Waals surface area contributed by atoms with Crippen molar-refractivity contribution in [3.63, 3.8) is 0 Å². The summed E-state index contributed by atoms with van der Waals surface area (Å²) in [4.78, 5) is 26.1. The molecular weight excluding hydrogens is 686 g/mol. The number of carbonyl (C=O) groups excluding carboxylic acids is 1. The van der Waals surface area contributed by atoms with E-state index in [2.05, 4.69) is 0 Å². The number of rotatable bonds is 6. The molecule has 1 amide bonds. The fourth-order valence-corrected chi connectivity index (χ4v) is 9.32. The van der Waals surface area contributed by atoms with E-state index in [4.69, 9.17) is 11.6 Å². The van der Waals surface area contributed by atoms with Crippen LogP contribution < -0.4 is 0 Å². The molecule has 0 bridgehead atoms. The second-order valence-electron chi connectivity index (χ2n) is 11.5. The molecule has 6 nitrogen and oxygen atoms in total. The number of aryl methyl sites for hydroxylation is 1. The van der Waals surface area contributed by atoms with Crippen LogP contribution in [0, 0.1) is 5.82 Å². The van der Waals surface area contributed by atoms with Gasteiger partial charge in [-0.05, 0) is 79.3 Å². The van der Waals surface area contributed by atoms with Crippen molar-refractivity contribution in [2.75, 3.05) is 6.54 Å². The Labute approximate surface area is 267 Å². The zero-order valence-electron chi connectivity index (χ0n) is 24.1. The predicted octanol–water partition coefficient (Wildman–Crippen LogP) is 7.49. The first-order valence-electron chi connectivity index (χ1n) is 14.0. The molecule has 0 radical (unpaired) electrons. The molecule has 5 rings (SSSR count). The number of hydrogen-bond donors (Lipinski definition) is 1. The van der Waals surface area contributed by atoms with Gasteiger partial charge in [0.15, 0.2) is 9.84 Å². The topological polar surface area (TPSA) is 91.8 Å². The van der Waals surface area contributed by atoms with Crippen LogP contribution in [0.5, 0.6) is 0 Å². The van der Waals surface area contributed by atoms with Gasteiger partial charge in [0.1, 0.15) is 10.6 Å². The van der Waals surface area contributed by atoms with Crippen molar-refractivity contribution in [3.8, 4) is 0 Å². The Hall–Kier alpha value is -3.72. The van der Waals surface area contributed by atoms with Gasteiger partial charge in [-0.1, -0.05) is 35.9 Å². The summed E-state index contributed by atoms with van der Waals surface area (Å²) in [6.45, 7) is 1.13. The zero-order chi connectivity index (χ0) is 34.9. The predicted molar refractivity (Wildman–Crippen MR) is 152 cm³/mol. The van der Waals surface area contributed by atoms with Crippen molar-refractivity contribution in [2.24, 2.45) is 0 Å². The van der Waals surface area contributed by atoms with Gasteiger partial charge in [0.25, 0.3) is 5.91 Å². The molecule has 1 aliphatic heterocycles. The average Bonchev–Trinajstić information content (AvgIpc) is 3.40. The summed E-state index contributed by atoms with van der Waals surface area (Å²) in [5.74, 6) is -3.71. The van der Waals surface area contributed by atoms with E-state index in [1.165, 1.54) is 30.0 Å². The molecular formula is C31H24ClF8NO5S. The normalized spacial score (nSPS) is 20.8. The minimum Gasteiger partial charge on any atom is -0.481 e. The number of aliphatic carboxylic acids is 1. The number of alkyl halides is 7. The van der Waals surface area contributed by atoms with E-state index in [-0.39, 0.29) is 59.2 Å². The first-order valence-corrected chi connectivity index (χ1v) is 15.8. The van der Waals surface area contributed by atoms with E-state index in [1.54, 1.807) is 0 Å². The number of likely N-dealkylation sites (tertiary alicyclic amines) is 1. The van der Waals surface area contributed by atoms with Crippen LogP contribution in [0.4, 0.5) is 35.1 Å². The number of halogens is 9. The molecule has 47 heavy (non-hydrogen) atoms. The fraction of sp³-hybridized carbons (Fsp3) is 0.355. The van der Waals surface area contributed by atoms with Gasteiger partial charge >= 0.3 is 24.0 Å². The molecule has 1 aliphatic carbocycles. The molecule has 1 saturated heterocycles. The van der Waals surface area contributed by atoms with E-state index < -0.39 is 72.7 Å². The van der Waals surface area contributed by atoms with Crippen LogP contribution in [0.1, 0.15) is 58.3 Å². The Balaban J connectivity index is 1.66. The van der Waals surface area contributed by atoms with Crippen LogP contribution in [0.2, 0.25) is 5.02 Å². The molecule has 1 unspecified atom stereocenters. The van der Waals surface area contributed by atoms with Gasteiger partial charge in [-0.15, -0.1) is 0 Å². The molecule has 0 saturated carbocycles. The largest absolute Gasteiger partial charge is 0.481 e. The summed E-state index contributed by atoms with van der Waals surface area (Å²) in [6, 6.07) is 7.56. The van der Waals surface area contributed by atoms with Crippen molar-refractivity contribution in [2.45, 2.75) is 65.8 Å². The minimum absolute atomic E-state index is 0.0370. The van der Waals surface area contributed by atoms with Gasteiger partial charge in [-0.25, -0.2) is 17.2 Å². The quantitative estimate of drug-likeness (QED) is 0.212. The highest BCUT2D eigenvalue weighted by Gasteiger charge is 2.74. The van der Waals surface area contributed by atoms with Gasteiger partial charge in [-0.3, -0.25) is 9.59 Å². The Kier molecular flexibility index (Phi) is 8.44. The second-order valence-corrected chi connectivity index (χ2v) is 14.1. The third-order valence-corrected chi connectivity index (χ3v) is 11.9. The third kappa shape index (κ3) is 5.25. The lowest BCUT2D eigenvalue weighted by Gasteiger charge is -2.43. The Morgan fingerprint density at radius 1 is 0.957 bits per heavy atom. The summed E-state index contributed by atoms with van der Waals surface area (Å²) >= 11 is 6.28. The smallest absolute Gasteiger partial charge is 0.435 e. The number of nitrogens with zero attached hydrogens (tertiary/aromatic N) is 1. The van der Waals surface area contributed by atoms with Crippen molar-refractivity contribution in [3.05, 3.63) is 99.3 Å². The van der Waals surface area contributed by atoms with E-state index in [0.29, 0.717) is 6.07 Å². The summed E-state index contributed by atoms with van der Waals surface area (Å²) in [5, 5.41) is 9.28. The maximum Gasteiger partial charge on any atom is 0.435 e. The first-order chi connectivity index (χ1) is 21.7. The molecule has 1 heterocycles. The molecule has 252 valence electrons. The van der Waals surface area contributed by atoms with Crippen LogP contribution in [-0.4, -0.2) is 55.2 Å². The molecule has 3 aromatic rings. The van der Waals surface area contributed by atoms with E-state index >= 15 is 4.39 Å². The highest BCUT2D eigenvalue weighted by atomic mass is 35.5. The molecule has 1 N–H and O–H groups in total. The van der Waals surface area contributed by atoms with Crippen LogP contribution in [0.25, 0.3) is 0 Å². The fourth-order valence-electron chi connectivity index (χ4n) is 6.61. The molecule has 2 aliphatic rings. The highest BCUT2D eigenvalue weighted by Crippen LogP contribution is 2.57. The van der Waals surface area contributed by atoms with Gasteiger partial charge in [0.2, 0.25) is 0 Å². The van der Waals surface area contributed by atoms with Crippen LogP contribution >= 0.6 is 11.6 Å². The highest BCUT2D eigenvalue weighted by molar-refractivity contribution is 7.92. The third-order valence-electron chi connectivity index (χ3n) is 9.01. The van der Waals surface area contributed by atoms with Gasteiger partial charge in [0, 0.05) is 22.7 Å². The number of sulfone groups is 1. The summed E-state index contributed by atoms with van der Waals surface area (Å²) in [6.07, 6.45) is -13.7. The SMILES string of the molecule is CC(C(=O)O)c1ccc(C(=O)N2CC[C@@]3(S(=O)(=O)c4ccc(F)cc4)c4ccc(C(F)(C(F)(F)F)C(F)(F)F)cc4CC[C@@H]23)cc1Cl. The maximum atomic E-state index is 15.0. The molecule has 0 aromatic heterocycles. The lowest BCUT2D eigenvalue weighted by atomic mass is 9.76. The molecule has 1 fully saturated rings. The first kappa shape index (κ1) is 34.6. The molecule has 16 heteroatoms. The van der Waals surface area contributed by atoms with Crippen molar-refractivity contribution >= 4 is 33.3 Å². The van der Waals surface area contributed by atoms with Crippen molar-refractivity contribution in [1.29, 1.82) is 0 Å². The van der Waals surface area contributed by atoms with Crippen LogP contribution in [-0.2, 0) is 31.5 Å². The van der Waals surface area contributed by atoms with Crippen molar-refractivity contribution in [1.82, 2.24) is 4.90 Å². The van der Waals surface area contributed by atoms with E-state index in [0.717, 1.165) is 30.3 Å². The number of carboxylic acids is 1. The zero-order valence-corrected chi connectivity index (χ0v) is 25.7. The standard InChI is InChI=1S/C31H24ClF8NO5S/c1-16(27(43)44)22-9-2-18(15-24(22)32)26(42)41-13-12-28(47(45,46)21-7-5-20(33)6-8-21)23-10-4-19(14-17(23)3-11-25(28)41)29(34,30(35,36)37)31(38,39)40/h2,4-10,14-16,25H,3,11-13H2,1H3,(H,43,44)/t16?,25-,28-/m1/s1. The number of amides is 1. The van der Waals surface area contributed by atoms with E-state index in [9.17, 15) is 53.8 Å².